The van der Waals surface area contributed by atoms with E-state index < -0.39 is 11.8 Å². The number of halogens is 1. The zero-order valence-corrected chi connectivity index (χ0v) is 9.76. The number of carbonyl (C=O) groups excluding carboxylic acids is 1. The van der Waals surface area contributed by atoms with E-state index in [0.717, 1.165) is 0 Å². The average molecular weight is 249 g/mol. The lowest BCUT2D eigenvalue weighted by Gasteiger charge is -2.06. The number of nitrogen functional groups attached to an aromatic ring is 1. The number of aromatic nitrogens is 2. The molecule has 0 saturated heterocycles. The van der Waals surface area contributed by atoms with Crippen molar-refractivity contribution in [1.29, 1.82) is 0 Å². The summed E-state index contributed by atoms with van der Waals surface area (Å²) in [4.78, 5) is 11.9. The molecule has 0 radical (unpaired) electrons. The molecule has 6 heteroatoms. The van der Waals surface area contributed by atoms with Gasteiger partial charge in [0.25, 0.3) is 0 Å². The molecule has 0 aliphatic rings. The number of para-hydroxylation sites is 1. The first kappa shape index (κ1) is 12.1. The molecule has 0 atom stereocenters. The zero-order chi connectivity index (χ0) is 13.1. The maximum Gasteiger partial charge on any atom is 0.362 e. The number of hydrogen-bond acceptors (Lipinski definition) is 4. The van der Waals surface area contributed by atoms with E-state index in [1.165, 1.54) is 28.9 Å². The maximum atomic E-state index is 13.3. The van der Waals surface area contributed by atoms with E-state index >= 15 is 0 Å². The second-order valence-electron chi connectivity index (χ2n) is 3.59. The minimum Gasteiger partial charge on any atom is -0.419 e. The fraction of sp³-hybridized carbons (Fsp3) is 0.167. The van der Waals surface area contributed by atoms with Crippen molar-refractivity contribution in [2.75, 3.05) is 5.73 Å². The molecule has 0 unspecified atom stereocenters. The molecule has 0 saturated carbocycles. The Kier molecular flexibility index (Phi) is 3.27. The Bertz CT molecular complexity index is 580. The number of anilines is 1. The van der Waals surface area contributed by atoms with Crippen LogP contribution in [0.4, 0.5) is 10.2 Å². The molecule has 5 nitrogen and oxygen atoms in total. The summed E-state index contributed by atoms with van der Waals surface area (Å²) in [6.45, 7) is 2.28. The third-order valence-corrected chi connectivity index (χ3v) is 2.35. The molecular weight excluding hydrogens is 237 g/mol. The fourth-order valence-corrected chi connectivity index (χ4v) is 1.52. The van der Waals surface area contributed by atoms with Gasteiger partial charge in [-0.25, -0.2) is 9.18 Å². The quantitative estimate of drug-likeness (QED) is 0.665. The van der Waals surface area contributed by atoms with E-state index in [1.807, 2.05) is 6.92 Å². The maximum absolute atomic E-state index is 13.3. The Labute approximate surface area is 103 Å². The summed E-state index contributed by atoms with van der Waals surface area (Å²) in [7, 11) is 0. The van der Waals surface area contributed by atoms with Crippen molar-refractivity contribution in [3.05, 3.63) is 41.8 Å². The van der Waals surface area contributed by atoms with Gasteiger partial charge >= 0.3 is 5.97 Å². The summed E-state index contributed by atoms with van der Waals surface area (Å²) < 4.78 is 19.7. The van der Waals surface area contributed by atoms with Gasteiger partial charge in [-0.15, -0.1) is 0 Å². The molecule has 1 aromatic carbocycles. The van der Waals surface area contributed by atoms with Crippen LogP contribution in [0.5, 0.6) is 5.75 Å². The molecule has 0 aliphatic carbocycles. The van der Waals surface area contributed by atoms with Gasteiger partial charge < -0.3 is 10.5 Å². The Morgan fingerprint density at radius 2 is 2.22 bits per heavy atom. The molecule has 0 spiro atoms. The molecular formula is C12H12FN3O2. The smallest absolute Gasteiger partial charge is 0.362 e. The third kappa shape index (κ3) is 2.32. The minimum absolute atomic E-state index is 0.120. The molecule has 0 aliphatic heterocycles. The van der Waals surface area contributed by atoms with Gasteiger partial charge in [-0.1, -0.05) is 12.1 Å². The van der Waals surface area contributed by atoms with E-state index in [1.54, 1.807) is 6.07 Å². The Balaban J connectivity index is 2.25. The Morgan fingerprint density at radius 1 is 1.50 bits per heavy atom. The minimum atomic E-state index is -0.689. The van der Waals surface area contributed by atoms with Gasteiger partial charge in [0, 0.05) is 12.6 Å². The van der Waals surface area contributed by atoms with Gasteiger partial charge in [0.05, 0.1) is 0 Å². The highest BCUT2D eigenvalue weighted by Gasteiger charge is 2.17. The van der Waals surface area contributed by atoms with Crippen LogP contribution in [0.1, 0.15) is 17.4 Å². The lowest BCUT2D eigenvalue weighted by Crippen LogP contribution is -2.15. The lowest BCUT2D eigenvalue weighted by atomic mass is 10.3. The Hall–Kier alpha value is -2.37. The molecule has 1 heterocycles. The van der Waals surface area contributed by atoms with Crippen LogP contribution in [-0.2, 0) is 6.54 Å². The molecule has 0 amide bonds. The first-order valence-electron chi connectivity index (χ1n) is 5.42. The van der Waals surface area contributed by atoms with E-state index in [2.05, 4.69) is 5.10 Å². The number of hydrogen-bond donors (Lipinski definition) is 1. The van der Waals surface area contributed by atoms with Crippen LogP contribution < -0.4 is 10.5 Å². The number of esters is 1. The SMILES string of the molecule is CCn1nc(N)cc1C(=O)Oc1ccccc1F. The lowest BCUT2D eigenvalue weighted by molar-refractivity contribution is 0.0715. The number of aryl methyl sites for hydroxylation is 1. The van der Waals surface area contributed by atoms with Crippen molar-refractivity contribution in [2.24, 2.45) is 0 Å². The van der Waals surface area contributed by atoms with Gasteiger partial charge in [-0.05, 0) is 19.1 Å². The van der Waals surface area contributed by atoms with Gasteiger partial charge in [-0.3, -0.25) is 4.68 Å². The fourth-order valence-electron chi connectivity index (χ4n) is 1.52. The van der Waals surface area contributed by atoms with Gasteiger partial charge in [-0.2, -0.15) is 5.10 Å². The molecule has 18 heavy (non-hydrogen) atoms. The first-order valence-corrected chi connectivity index (χ1v) is 5.42. The van der Waals surface area contributed by atoms with Crippen molar-refractivity contribution < 1.29 is 13.9 Å². The molecule has 94 valence electrons. The normalized spacial score (nSPS) is 10.3. The second-order valence-corrected chi connectivity index (χ2v) is 3.59. The molecule has 2 N–H and O–H groups in total. The largest absolute Gasteiger partial charge is 0.419 e. The second kappa shape index (κ2) is 4.87. The van der Waals surface area contributed by atoms with Crippen LogP contribution in [0.2, 0.25) is 0 Å². The van der Waals surface area contributed by atoms with Crippen LogP contribution >= 0.6 is 0 Å². The van der Waals surface area contributed by atoms with Crippen molar-refractivity contribution in [1.82, 2.24) is 9.78 Å². The topological polar surface area (TPSA) is 70.1 Å². The number of nitrogens with zero attached hydrogens (tertiary/aromatic N) is 2. The third-order valence-electron chi connectivity index (χ3n) is 2.35. The molecule has 2 rings (SSSR count). The molecule has 2 aromatic rings. The van der Waals surface area contributed by atoms with Crippen LogP contribution in [0.15, 0.2) is 30.3 Å². The number of benzene rings is 1. The highest BCUT2D eigenvalue weighted by Crippen LogP contribution is 2.17. The monoisotopic (exact) mass is 249 g/mol. The van der Waals surface area contributed by atoms with Crippen LogP contribution in [0, 0.1) is 5.82 Å². The van der Waals surface area contributed by atoms with Crippen LogP contribution in [-0.4, -0.2) is 15.7 Å². The number of nitrogens with two attached hydrogens (primary N) is 1. The first-order chi connectivity index (χ1) is 8.61. The highest BCUT2D eigenvalue weighted by atomic mass is 19.1. The number of ether oxygens (including phenoxy) is 1. The number of carbonyl (C=O) groups is 1. The number of rotatable bonds is 3. The van der Waals surface area contributed by atoms with E-state index in [9.17, 15) is 9.18 Å². The van der Waals surface area contributed by atoms with E-state index in [0.29, 0.717) is 6.54 Å². The standard InChI is InChI=1S/C12H12FN3O2/c1-2-16-9(7-11(14)15-16)12(17)18-10-6-4-3-5-8(10)13/h3-7H,2H2,1H3,(H2,14,15). The van der Waals surface area contributed by atoms with E-state index in [-0.39, 0.29) is 17.3 Å². The van der Waals surface area contributed by atoms with Gasteiger partial charge in [0.1, 0.15) is 11.5 Å². The summed E-state index contributed by atoms with van der Waals surface area (Å²) in [5.41, 5.74) is 5.70. The van der Waals surface area contributed by atoms with E-state index in [4.69, 9.17) is 10.5 Å². The molecule has 1 aromatic heterocycles. The Morgan fingerprint density at radius 3 is 2.89 bits per heavy atom. The summed E-state index contributed by atoms with van der Waals surface area (Å²) in [5, 5.41) is 3.91. The summed E-state index contributed by atoms with van der Waals surface area (Å²) in [6.07, 6.45) is 0. The molecule has 0 fully saturated rings. The highest BCUT2D eigenvalue weighted by molar-refractivity contribution is 5.90. The molecule has 0 bridgehead atoms. The average Bonchev–Trinajstić information content (AvgIpc) is 2.73. The van der Waals surface area contributed by atoms with Crippen molar-refractivity contribution in [3.8, 4) is 5.75 Å². The van der Waals surface area contributed by atoms with Gasteiger partial charge in [0.2, 0.25) is 0 Å². The van der Waals surface area contributed by atoms with Crippen LogP contribution in [0.3, 0.4) is 0 Å². The predicted octanol–water partition coefficient (Wildman–Crippen LogP) is 1.84. The van der Waals surface area contributed by atoms with Crippen molar-refractivity contribution in [2.45, 2.75) is 13.5 Å². The summed E-state index contributed by atoms with van der Waals surface area (Å²) >= 11 is 0. The summed E-state index contributed by atoms with van der Waals surface area (Å²) in [5.74, 6) is -1.19. The predicted molar refractivity (Wildman–Crippen MR) is 63.7 cm³/mol. The van der Waals surface area contributed by atoms with Crippen molar-refractivity contribution >= 4 is 11.8 Å². The van der Waals surface area contributed by atoms with Gasteiger partial charge in [0.15, 0.2) is 11.6 Å². The van der Waals surface area contributed by atoms with Crippen LogP contribution in [0.25, 0.3) is 0 Å². The zero-order valence-electron chi connectivity index (χ0n) is 9.76. The van der Waals surface area contributed by atoms with Crippen molar-refractivity contribution in [3.63, 3.8) is 0 Å². The summed E-state index contributed by atoms with van der Waals surface area (Å²) in [6, 6.07) is 7.09.